The zero-order valence-electron chi connectivity index (χ0n) is 40.5. The van der Waals surface area contributed by atoms with Crippen LogP contribution in [0, 0.1) is 29.1 Å². The Bertz CT molecular complexity index is 3210. The second kappa shape index (κ2) is 26.1. The SMILES string of the molecule is Nc1nc2c(ncn2[C@@H]2O[C@@H]3COP(=O)(S)OC4[C@@H](COP(=O)(S)OC3[C@@H]2O)O[C@@H](n2cnc3c(=O)[nH]c(N)nc32)[C@H]4NC(=O)CCOCCOCCOCCOCCOCCC(=O)Oc2c(F)c(F)c(F)c(F)c2F)c(=O)[nH]1. The Morgan fingerprint density at radius 2 is 1.09 bits per heavy atom. The van der Waals surface area contributed by atoms with Crippen molar-refractivity contribution >= 4 is 84.2 Å². The summed E-state index contributed by atoms with van der Waals surface area (Å²) in [6.45, 7) is -10.2. The number of nitrogens with zero attached hydrogens (tertiary/aromatic N) is 6. The molecule has 5 aromatic rings. The van der Waals surface area contributed by atoms with E-state index >= 15 is 0 Å². The summed E-state index contributed by atoms with van der Waals surface area (Å²) in [7, 11) is 0. The summed E-state index contributed by atoms with van der Waals surface area (Å²) in [5.74, 6) is -15.7. The number of thiol groups is 2. The average Bonchev–Trinajstić information content (AvgIpc) is 4.29. The average molecular weight is 1210 g/mol. The third-order valence-electron chi connectivity index (χ3n) is 11.5. The van der Waals surface area contributed by atoms with Crippen molar-refractivity contribution in [1.29, 1.82) is 0 Å². The predicted molar refractivity (Wildman–Crippen MR) is 261 cm³/mol. The molecular formula is C40H48F5N11O19P2S2. The number of imidazole rings is 2. The van der Waals surface area contributed by atoms with E-state index in [0.717, 1.165) is 6.33 Å². The van der Waals surface area contributed by atoms with Crippen LogP contribution in [0.3, 0.4) is 0 Å². The third kappa shape index (κ3) is 14.5. The lowest BCUT2D eigenvalue weighted by Gasteiger charge is -2.30. The molecule has 3 aliphatic heterocycles. The van der Waals surface area contributed by atoms with Gasteiger partial charge in [-0.05, 0) is 0 Å². The van der Waals surface area contributed by atoms with Gasteiger partial charge in [-0.3, -0.25) is 56.4 Å². The van der Waals surface area contributed by atoms with Crippen molar-refractivity contribution in [2.75, 3.05) is 90.7 Å². The van der Waals surface area contributed by atoms with E-state index in [1.807, 2.05) is 0 Å². The van der Waals surface area contributed by atoms with Crippen LogP contribution in [0.15, 0.2) is 22.2 Å². The Morgan fingerprint density at radius 1 is 0.671 bits per heavy atom. The van der Waals surface area contributed by atoms with Crippen molar-refractivity contribution in [3.8, 4) is 5.75 Å². The molecule has 8 rings (SSSR count). The second-order valence-electron chi connectivity index (χ2n) is 16.9. The number of esters is 1. The van der Waals surface area contributed by atoms with Crippen LogP contribution in [0.25, 0.3) is 22.3 Å². The maximum absolute atomic E-state index is 14.1. The number of nitrogen functional groups attached to an aromatic ring is 2. The van der Waals surface area contributed by atoms with E-state index in [2.05, 4.69) is 64.5 Å². The number of amides is 1. The number of nitrogens with one attached hydrogen (secondary N) is 3. The second-order valence-corrected chi connectivity index (χ2v) is 22.6. The minimum atomic E-state index is -4.57. The topological polar surface area (TPSA) is 390 Å². The number of anilines is 2. The van der Waals surface area contributed by atoms with Crippen molar-refractivity contribution in [3.05, 3.63) is 62.4 Å². The number of aliphatic hydroxyl groups is 1. The Hall–Kier alpha value is -5.21. The molecular weight excluding hydrogens is 1160 g/mol. The van der Waals surface area contributed by atoms with Crippen molar-refractivity contribution in [3.63, 3.8) is 0 Å². The standard InChI is InChI=1S/C40H48F5N11O19P2S2/c41-21-22(42)24(44)32(25(45)23(21)43)73-20(58)2-4-65-6-8-67-10-12-68-11-9-66-7-5-64-3-1-19(57)50-26-30-17(71-37(26)55-15-48-27-33(55)51-39(46)53-35(27)60)13-69-77(63,79)75-31-18(14-70-76(62,78)74-30)72-38(29(31)59)56-16-49-28-34(56)52-40(47)54-36(28)61/h15-18,26,29-31,37-38,59H,1-14H2,(H,50,57)(H,62,78)(H,63,79)(H3,46,51,53,60)(H3,47,52,54,61)/t17-,18-,26+,29+,30?,31?,37-,38-,76?,77?/m1/s1. The molecule has 39 heteroatoms. The molecule has 0 radical (unpaired) electrons. The van der Waals surface area contributed by atoms with Gasteiger partial charge in [-0.2, -0.15) is 18.7 Å². The maximum atomic E-state index is 14.1. The van der Waals surface area contributed by atoms with Crippen molar-refractivity contribution in [2.24, 2.45) is 0 Å². The number of fused-ring (bicyclic) bond motifs is 4. The number of hydrogen-bond acceptors (Lipinski definition) is 25. The van der Waals surface area contributed by atoms with Gasteiger partial charge in [0.1, 0.15) is 36.6 Å². The van der Waals surface area contributed by atoms with E-state index in [1.165, 1.54) is 15.5 Å². The fraction of sp³-hybridized carbons (Fsp3) is 0.550. The normalized spacial score (nSPS) is 26.4. The highest BCUT2D eigenvalue weighted by Gasteiger charge is 2.54. The fourth-order valence-corrected chi connectivity index (χ4v) is 11.0. The minimum absolute atomic E-state index is 0.0178. The van der Waals surface area contributed by atoms with Gasteiger partial charge in [-0.1, -0.05) is 24.5 Å². The van der Waals surface area contributed by atoms with Gasteiger partial charge in [0.05, 0.1) is 98.4 Å². The molecule has 0 spiro atoms. The number of rotatable bonds is 22. The van der Waals surface area contributed by atoms with Gasteiger partial charge in [-0.25, -0.2) is 32.3 Å². The largest absolute Gasteiger partial charge is 0.420 e. The molecule has 1 amide bonds. The number of carbonyl (C=O) groups excluding carboxylic acids is 2. The number of hydrogen-bond donors (Lipinski definition) is 8. The predicted octanol–water partition coefficient (Wildman–Crippen LogP) is 1.12. The third-order valence-corrected chi connectivity index (χ3v) is 14.8. The Morgan fingerprint density at radius 3 is 1.59 bits per heavy atom. The van der Waals surface area contributed by atoms with E-state index in [-0.39, 0.29) is 107 Å². The lowest BCUT2D eigenvalue weighted by Crippen LogP contribution is -2.48. The number of aliphatic hydroxyl groups excluding tert-OH is 1. The molecule has 3 aliphatic rings. The molecule has 7 heterocycles. The molecule has 30 nitrogen and oxygen atoms in total. The quantitative estimate of drug-likeness (QED) is 0.00703. The summed E-state index contributed by atoms with van der Waals surface area (Å²) in [6.07, 6.45) is -8.96. The van der Waals surface area contributed by atoms with Crippen LogP contribution >= 0.6 is 38.1 Å². The van der Waals surface area contributed by atoms with Crippen LogP contribution < -0.4 is 32.6 Å². The number of aromatic nitrogens is 8. The number of nitrogens with two attached hydrogens (primary N) is 2. The fourth-order valence-electron chi connectivity index (χ4n) is 7.97. The minimum Gasteiger partial charge on any atom is -0.420 e. The smallest absolute Gasteiger partial charge is 0.386 e. The van der Waals surface area contributed by atoms with E-state index in [4.69, 9.17) is 62.7 Å². The Labute approximate surface area is 449 Å². The molecule has 10 atom stereocenters. The zero-order valence-corrected chi connectivity index (χ0v) is 44.1. The maximum Gasteiger partial charge on any atom is 0.386 e. The molecule has 1 aromatic carbocycles. The number of carbonyl (C=O) groups is 2. The molecule has 3 saturated heterocycles. The lowest BCUT2D eigenvalue weighted by atomic mass is 10.1. The molecule has 3 fully saturated rings. The van der Waals surface area contributed by atoms with E-state index < -0.39 is 140 Å². The van der Waals surface area contributed by atoms with Crippen LogP contribution in [0.5, 0.6) is 5.75 Å². The first-order chi connectivity index (χ1) is 37.6. The molecule has 0 bridgehead atoms. The number of benzene rings is 1. The Balaban J connectivity index is 0.791. The highest BCUT2D eigenvalue weighted by Crippen LogP contribution is 2.60. The van der Waals surface area contributed by atoms with Gasteiger partial charge in [0.15, 0.2) is 34.8 Å². The molecule has 4 unspecified atom stereocenters. The molecule has 0 saturated carbocycles. The van der Waals surface area contributed by atoms with Crippen LogP contribution in [0.2, 0.25) is 0 Å². The van der Waals surface area contributed by atoms with E-state index in [1.54, 1.807) is 0 Å². The van der Waals surface area contributed by atoms with Crippen molar-refractivity contribution in [2.45, 2.75) is 61.9 Å². The summed E-state index contributed by atoms with van der Waals surface area (Å²) in [4.78, 5) is 71.6. The summed E-state index contributed by atoms with van der Waals surface area (Å²) >= 11 is 8.33. The first kappa shape index (κ1) is 59.9. The van der Waals surface area contributed by atoms with Crippen molar-refractivity contribution < 1.29 is 102 Å². The first-order valence-electron chi connectivity index (χ1n) is 23.3. The number of H-pyrrole nitrogens is 2. The number of halogens is 5. The molecule has 79 heavy (non-hydrogen) atoms. The highest BCUT2D eigenvalue weighted by atomic mass is 32.7. The highest BCUT2D eigenvalue weighted by molar-refractivity contribution is 8.44. The number of aromatic amines is 2. The zero-order chi connectivity index (χ0) is 56.8. The Kier molecular flexibility index (Phi) is 19.8. The van der Waals surface area contributed by atoms with Gasteiger partial charge >= 0.3 is 19.6 Å². The molecule has 0 aliphatic carbocycles. The van der Waals surface area contributed by atoms with E-state index in [9.17, 15) is 55.4 Å². The molecule has 4 aromatic heterocycles. The summed E-state index contributed by atoms with van der Waals surface area (Å²) < 4.78 is 164. The van der Waals surface area contributed by atoms with Crippen LogP contribution in [-0.4, -0.2) is 172 Å². The van der Waals surface area contributed by atoms with Gasteiger partial charge in [-0.15, -0.1) is 0 Å². The van der Waals surface area contributed by atoms with Gasteiger partial charge in [0.25, 0.3) is 11.1 Å². The summed E-state index contributed by atoms with van der Waals surface area (Å²) in [5, 5.41) is 14.2. The monoisotopic (exact) mass is 1210 g/mol. The molecule has 434 valence electrons. The van der Waals surface area contributed by atoms with Crippen LogP contribution in [-0.2, 0) is 70.0 Å². The first-order valence-corrected chi connectivity index (χ1v) is 28.7. The molecule has 8 N–H and O–H groups in total. The van der Waals surface area contributed by atoms with Crippen LogP contribution in [0.1, 0.15) is 25.3 Å². The van der Waals surface area contributed by atoms with Gasteiger partial charge < -0.3 is 59.8 Å². The van der Waals surface area contributed by atoms with Gasteiger partial charge in [0.2, 0.25) is 52.6 Å². The van der Waals surface area contributed by atoms with Gasteiger partial charge in [0, 0.05) is 6.42 Å². The summed E-state index contributed by atoms with van der Waals surface area (Å²) in [6, 6.07) is -1.36. The number of ether oxygens (including phenoxy) is 8. The van der Waals surface area contributed by atoms with Crippen molar-refractivity contribution in [1.82, 2.24) is 44.4 Å². The van der Waals surface area contributed by atoms with E-state index in [0.29, 0.717) is 0 Å². The lowest BCUT2D eigenvalue weighted by molar-refractivity contribution is -0.136. The van der Waals surface area contributed by atoms with Crippen LogP contribution in [0.4, 0.5) is 33.8 Å². The summed E-state index contributed by atoms with van der Waals surface area (Å²) in [5.41, 5.74) is 9.66.